The summed E-state index contributed by atoms with van der Waals surface area (Å²) in [5, 5.41) is 9.78. The van der Waals surface area contributed by atoms with E-state index in [0.717, 1.165) is 16.7 Å². The number of hydrogen-bond acceptors (Lipinski definition) is 3. The number of nitrogens with zero attached hydrogens (tertiary/aromatic N) is 1. The molecule has 0 aliphatic heterocycles. The van der Waals surface area contributed by atoms with E-state index in [4.69, 9.17) is 10.00 Å². The fourth-order valence-electron chi connectivity index (χ4n) is 1.66. The van der Waals surface area contributed by atoms with Gasteiger partial charge in [0.1, 0.15) is 0 Å². The van der Waals surface area contributed by atoms with E-state index in [-0.39, 0.29) is 12.4 Å². The Hall–Kier alpha value is -1.34. The van der Waals surface area contributed by atoms with Crippen LogP contribution in [-0.2, 0) is 21.3 Å². The Morgan fingerprint density at radius 3 is 2.76 bits per heavy atom. The molecule has 0 aromatic heterocycles. The van der Waals surface area contributed by atoms with Crippen LogP contribution < -0.4 is 0 Å². The average molecular weight is 296 g/mol. The number of carbonyl (C=O) groups is 1. The van der Waals surface area contributed by atoms with Gasteiger partial charge in [0.2, 0.25) is 0 Å². The normalized spacial score (nSPS) is 9.76. The maximum Gasteiger partial charge on any atom is 0.310 e. The summed E-state index contributed by atoms with van der Waals surface area (Å²) in [5.74, 6) is -0.293. The van der Waals surface area contributed by atoms with Gasteiger partial charge in [-0.1, -0.05) is 22.0 Å². The van der Waals surface area contributed by atoms with Gasteiger partial charge in [0.05, 0.1) is 24.7 Å². The second kappa shape index (κ2) is 6.41. The number of esters is 1. The van der Waals surface area contributed by atoms with Crippen LogP contribution in [-0.4, -0.2) is 12.6 Å². The summed E-state index contributed by atoms with van der Waals surface area (Å²) in [5.41, 5.74) is 3.29. The molecule has 0 amide bonds. The predicted molar refractivity (Wildman–Crippen MR) is 68.9 cm³/mol. The first-order valence-corrected chi connectivity index (χ1v) is 6.48. The van der Waals surface area contributed by atoms with Crippen molar-refractivity contribution in [1.82, 2.24) is 0 Å². The molecule has 1 aromatic carbocycles. The number of rotatable bonds is 4. The van der Waals surface area contributed by atoms with Crippen LogP contribution in [0.5, 0.6) is 0 Å². The fourth-order valence-corrected chi connectivity index (χ4v) is 1.98. The van der Waals surface area contributed by atoms with Crippen LogP contribution in [0, 0.1) is 18.3 Å². The second-order valence-electron chi connectivity index (χ2n) is 3.67. The van der Waals surface area contributed by atoms with E-state index in [1.54, 1.807) is 13.0 Å². The number of aryl methyl sites for hydroxylation is 1. The van der Waals surface area contributed by atoms with E-state index < -0.39 is 0 Å². The van der Waals surface area contributed by atoms with Gasteiger partial charge in [-0.2, -0.15) is 5.26 Å². The van der Waals surface area contributed by atoms with Crippen molar-refractivity contribution in [2.45, 2.75) is 25.6 Å². The number of alkyl halides is 1. The molecule has 0 N–H and O–H groups in total. The molecule has 0 atom stereocenters. The van der Waals surface area contributed by atoms with Crippen molar-refractivity contribution in [3.8, 4) is 6.07 Å². The zero-order valence-electron chi connectivity index (χ0n) is 9.92. The highest BCUT2D eigenvalue weighted by Crippen LogP contribution is 2.19. The smallest absolute Gasteiger partial charge is 0.310 e. The highest BCUT2D eigenvalue weighted by atomic mass is 79.9. The van der Waals surface area contributed by atoms with Gasteiger partial charge in [0.25, 0.3) is 0 Å². The van der Waals surface area contributed by atoms with Crippen molar-refractivity contribution < 1.29 is 9.53 Å². The van der Waals surface area contributed by atoms with Crippen molar-refractivity contribution in [3.05, 3.63) is 34.4 Å². The third-order valence-electron chi connectivity index (χ3n) is 2.43. The highest BCUT2D eigenvalue weighted by Gasteiger charge is 2.12. The van der Waals surface area contributed by atoms with Gasteiger partial charge in [-0.05, 0) is 36.6 Å². The Bertz CT molecular complexity index is 463. The molecule has 1 rings (SSSR count). The minimum atomic E-state index is -0.293. The molecule has 3 nitrogen and oxygen atoms in total. The van der Waals surface area contributed by atoms with Crippen molar-refractivity contribution >= 4 is 21.9 Å². The van der Waals surface area contributed by atoms with Crippen LogP contribution in [0.4, 0.5) is 0 Å². The van der Waals surface area contributed by atoms with Crippen LogP contribution in [0.1, 0.15) is 29.2 Å². The van der Waals surface area contributed by atoms with Crippen LogP contribution in [0.25, 0.3) is 0 Å². The van der Waals surface area contributed by atoms with Gasteiger partial charge in [0, 0.05) is 5.33 Å². The molecule has 0 aliphatic rings. The van der Waals surface area contributed by atoms with E-state index in [0.29, 0.717) is 17.5 Å². The lowest BCUT2D eigenvalue weighted by Gasteiger charge is -2.09. The Labute approximate surface area is 110 Å². The summed E-state index contributed by atoms with van der Waals surface area (Å²) in [4.78, 5) is 11.4. The largest absolute Gasteiger partial charge is 0.466 e. The van der Waals surface area contributed by atoms with E-state index in [1.807, 2.05) is 13.0 Å². The number of benzene rings is 1. The van der Waals surface area contributed by atoms with E-state index in [2.05, 4.69) is 22.0 Å². The lowest BCUT2D eigenvalue weighted by molar-refractivity contribution is -0.142. The molecule has 0 spiro atoms. The molecule has 1 aromatic rings. The molecule has 0 fully saturated rings. The molecule has 0 bridgehead atoms. The molecule has 0 radical (unpaired) electrons. The molecular weight excluding hydrogens is 282 g/mol. The molecule has 17 heavy (non-hydrogen) atoms. The molecular formula is C13H14BrNO2. The maximum absolute atomic E-state index is 11.4. The van der Waals surface area contributed by atoms with Crippen LogP contribution in [0.3, 0.4) is 0 Å². The molecule has 0 unspecified atom stereocenters. The van der Waals surface area contributed by atoms with Crippen molar-refractivity contribution in [3.63, 3.8) is 0 Å². The number of halogens is 1. The number of carbonyl (C=O) groups excluding carboxylic acids is 1. The summed E-state index contributed by atoms with van der Waals surface area (Å²) in [6, 6.07) is 5.91. The number of hydrogen-bond donors (Lipinski definition) is 0. The standard InChI is InChI=1S/C13H14BrNO2/c1-3-17-13(16)6-12-9(2)4-10(7-14)5-11(12)8-15/h4-5H,3,6-7H2,1-2H3. The zero-order chi connectivity index (χ0) is 12.8. The molecule has 0 saturated heterocycles. The first-order valence-electron chi connectivity index (χ1n) is 5.36. The molecule has 0 heterocycles. The molecule has 0 saturated carbocycles. The maximum atomic E-state index is 11.4. The Kier molecular flexibility index (Phi) is 5.17. The summed E-state index contributed by atoms with van der Waals surface area (Å²) >= 11 is 3.35. The van der Waals surface area contributed by atoms with E-state index >= 15 is 0 Å². The van der Waals surface area contributed by atoms with Crippen molar-refractivity contribution in [2.75, 3.05) is 6.61 Å². The Morgan fingerprint density at radius 1 is 1.53 bits per heavy atom. The quantitative estimate of drug-likeness (QED) is 0.634. The van der Waals surface area contributed by atoms with Gasteiger partial charge < -0.3 is 4.74 Å². The van der Waals surface area contributed by atoms with Crippen molar-refractivity contribution in [1.29, 1.82) is 5.26 Å². The zero-order valence-corrected chi connectivity index (χ0v) is 11.5. The Balaban J connectivity index is 3.07. The minimum absolute atomic E-state index is 0.158. The first kappa shape index (κ1) is 13.7. The second-order valence-corrected chi connectivity index (χ2v) is 4.23. The SMILES string of the molecule is CCOC(=O)Cc1c(C)cc(CBr)cc1C#N. The Morgan fingerprint density at radius 2 is 2.24 bits per heavy atom. The van der Waals surface area contributed by atoms with Gasteiger partial charge in [-0.15, -0.1) is 0 Å². The predicted octanol–water partition coefficient (Wildman–Crippen LogP) is 2.87. The van der Waals surface area contributed by atoms with Gasteiger partial charge in [-0.25, -0.2) is 0 Å². The third-order valence-corrected chi connectivity index (χ3v) is 3.08. The monoisotopic (exact) mass is 295 g/mol. The summed E-state index contributed by atoms with van der Waals surface area (Å²) < 4.78 is 4.90. The molecule has 90 valence electrons. The lowest BCUT2D eigenvalue weighted by Crippen LogP contribution is -2.10. The van der Waals surface area contributed by atoms with E-state index in [1.165, 1.54) is 0 Å². The summed E-state index contributed by atoms with van der Waals surface area (Å²) in [6.45, 7) is 4.03. The average Bonchev–Trinajstić information content (AvgIpc) is 2.31. The van der Waals surface area contributed by atoms with Crippen LogP contribution in [0.2, 0.25) is 0 Å². The first-order chi connectivity index (χ1) is 8.12. The number of ether oxygens (including phenoxy) is 1. The third kappa shape index (κ3) is 3.57. The molecule has 0 aliphatic carbocycles. The van der Waals surface area contributed by atoms with E-state index in [9.17, 15) is 4.79 Å². The topological polar surface area (TPSA) is 50.1 Å². The van der Waals surface area contributed by atoms with Gasteiger partial charge in [-0.3, -0.25) is 4.79 Å². The van der Waals surface area contributed by atoms with Crippen molar-refractivity contribution in [2.24, 2.45) is 0 Å². The summed E-state index contributed by atoms with van der Waals surface area (Å²) in [7, 11) is 0. The van der Waals surface area contributed by atoms with Crippen LogP contribution in [0.15, 0.2) is 12.1 Å². The lowest BCUT2D eigenvalue weighted by atomic mass is 9.97. The van der Waals surface area contributed by atoms with Crippen LogP contribution >= 0.6 is 15.9 Å². The number of nitriles is 1. The minimum Gasteiger partial charge on any atom is -0.466 e. The fraction of sp³-hybridized carbons (Fsp3) is 0.385. The molecule has 4 heteroatoms. The van der Waals surface area contributed by atoms with Gasteiger partial charge in [0.15, 0.2) is 0 Å². The summed E-state index contributed by atoms with van der Waals surface area (Å²) in [6.07, 6.45) is 0.158. The van der Waals surface area contributed by atoms with Gasteiger partial charge >= 0.3 is 5.97 Å². The highest BCUT2D eigenvalue weighted by molar-refractivity contribution is 9.08.